The molecule has 1 aromatic heterocycles. The van der Waals surface area contributed by atoms with Crippen LogP contribution in [-0.4, -0.2) is 22.5 Å². The summed E-state index contributed by atoms with van der Waals surface area (Å²) < 4.78 is 0.445. The molecule has 21 heavy (non-hydrogen) atoms. The zero-order valence-corrected chi connectivity index (χ0v) is 13.1. The average Bonchev–Trinajstić information content (AvgIpc) is 2.97. The second kappa shape index (κ2) is 6.79. The summed E-state index contributed by atoms with van der Waals surface area (Å²) in [5, 5.41) is 26.8. The first-order valence-electron chi connectivity index (χ1n) is 5.90. The van der Waals surface area contributed by atoms with Crippen LogP contribution in [0.15, 0.2) is 39.5 Å². The summed E-state index contributed by atoms with van der Waals surface area (Å²) in [6.07, 6.45) is -0.803. The molecule has 8 heteroatoms. The molecule has 0 aliphatic carbocycles. The van der Waals surface area contributed by atoms with Crippen LogP contribution in [0.3, 0.4) is 0 Å². The van der Waals surface area contributed by atoms with E-state index < -0.39 is 16.9 Å². The summed E-state index contributed by atoms with van der Waals surface area (Å²) in [5.41, 5.74) is 0.710. The number of benzene rings is 1. The number of nitrogens with zero attached hydrogens (tertiary/aromatic N) is 1. The number of amides is 1. The molecule has 1 atom stereocenters. The molecule has 1 heterocycles. The molecule has 1 unspecified atom stereocenters. The quantitative estimate of drug-likeness (QED) is 0.625. The largest absolute Gasteiger partial charge is 0.387 e. The van der Waals surface area contributed by atoms with Gasteiger partial charge < -0.3 is 10.4 Å². The predicted octanol–water partition coefficient (Wildman–Crippen LogP) is 2.88. The minimum absolute atomic E-state index is 0.0376. The first-order chi connectivity index (χ1) is 9.97. The number of hydrogen-bond acceptors (Lipinski definition) is 5. The number of thiophene rings is 1. The van der Waals surface area contributed by atoms with Crippen LogP contribution in [0.2, 0.25) is 0 Å². The normalized spacial score (nSPS) is 11.9. The molecule has 0 aliphatic heterocycles. The van der Waals surface area contributed by atoms with E-state index in [-0.39, 0.29) is 17.8 Å². The standard InChI is InChI=1S/C13H11BrN2O4S/c14-10-3-9(4-11(5-10)16(19)20)13(18)15-6-12(17)8-1-2-21-7-8/h1-5,7,12,17H,6H2,(H,15,18). The van der Waals surface area contributed by atoms with Gasteiger partial charge in [-0.3, -0.25) is 14.9 Å². The molecular formula is C13H11BrN2O4S. The van der Waals surface area contributed by atoms with E-state index in [1.165, 1.54) is 29.5 Å². The van der Waals surface area contributed by atoms with Crippen molar-refractivity contribution in [2.75, 3.05) is 6.54 Å². The van der Waals surface area contributed by atoms with Crippen molar-refractivity contribution in [3.8, 4) is 0 Å². The van der Waals surface area contributed by atoms with Gasteiger partial charge in [-0.05, 0) is 28.5 Å². The van der Waals surface area contributed by atoms with Crippen LogP contribution < -0.4 is 5.32 Å². The molecule has 1 amide bonds. The monoisotopic (exact) mass is 370 g/mol. The summed E-state index contributed by atoms with van der Waals surface area (Å²) in [6.45, 7) is 0.0376. The number of non-ortho nitro benzene ring substituents is 1. The first kappa shape index (κ1) is 15.6. The third-order valence-electron chi connectivity index (χ3n) is 2.74. The second-order valence-corrected chi connectivity index (χ2v) is 5.93. The summed E-state index contributed by atoms with van der Waals surface area (Å²) in [7, 11) is 0. The third-order valence-corrected chi connectivity index (χ3v) is 3.90. The van der Waals surface area contributed by atoms with Crippen molar-refractivity contribution in [3.63, 3.8) is 0 Å². The fraction of sp³-hybridized carbons (Fsp3) is 0.154. The summed E-state index contributed by atoms with van der Waals surface area (Å²) in [5.74, 6) is -0.478. The SMILES string of the molecule is O=C(NCC(O)c1ccsc1)c1cc(Br)cc([N+](=O)[O-])c1. The number of hydrogen-bond donors (Lipinski definition) is 2. The van der Waals surface area contributed by atoms with Crippen molar-refractivity contribution in [1.29, 1.82) is 0 Å². The van der Waals surface area contributed by atoms with Crippen molar-refractivity contribution in [3.05, 3.63) is 60.7 Å². The van der Waals surface area contributed by atoms with Crippen molar-refractivity contribution >= 4 is 38.9 Å². The maximum atomic E-state index is 12.0. The first-order valence-corrected chi connectivity index (χ1v) is 7.64. The van der Waals surface area contributed by atoms with Gasteiger partial charge >= 0.3 is 0 Å². The molecule has 0 saturated heterocycles. The Labute approximate surface area is 132 Å². The lowest BCUT2D eigenvalue weighted by Crippen LogP contribution is -2.28. The fourth-order valence-corrected chi connectivity index (χ4v) is 2.87. The number of aliphatic hydroxyl groups excluding tert-OH is 1. The van der Waals surface area contributed by atoms with Crippen molar-refractivity contribution in [1.82, 2.24) is 5.32 Å². The van der Waals surface area contributed by atoms with E-state index in [9.17, 15) is 20.0 Å². The molecule has 2 rings (SSSR count). The van der Waals surface area contributed by atoms with Gasteiger partial charge in [0.2, 0.25) is 0 Å². The van der Waals surface area contributed by atoms with Gasteiger partial charge in [0.15, 0.2) is 0 Å². The van der Waals surface area contributed by atoms with E-state index in [0.29, 0.717) is 4.47 Å². The van der Waals surface area contributed by atoms with Gasteiger partial charge in [0.25, 0.3) is 11.6 Å². The van der Waals surface area contributed by atoms with Crippen LogP contribution in [0, 0.1) is 10.1 Å². The Balaban J connectivity index is 2.05. The summed E-state index contributed by atoms with van der Waals surface area (Å²) in [6, 6.07) is 5.76. The number of rotatable bonds is 5. The molecule has 0 saturated carbocycles. The summed E-state index contributed by atoms with van der Waals surface area (Å²) >= 11 is 4.58. The number of aliphatic hydroxyl groups is 1. The Morgan fingerprint density at radius 1 is 1.48 bits per heavy atom. The maximum Gasteiger partial charge on any atom is 0.271 e. The molecule has 0 spiro atoms. The zero-order valence-electron chi connectivity index (χ0n) is 10.7. The highest BCUT2D eigenvalue weighted by Gasteiger charge is 2.15. The van der Waals surface area contributed by atoms with Crippen LogP contribution in [0.5, 0.6) is 0 Å². The van der Waals surface area contributed by atoms with E-state index in [2.05, 4.69) is 21.2 Å². The van der Waals surface area contributed by atoms with E-state index in [0.717, 1.165) is 5.56 Å². The van der Waals surface area contributed by atoms with Gasteiger partial charge in [-0.25, -0.2) is 0 Å². The number of halogens is 1. The molecule has 0 aliphatic rings. The Morgan fingerprint density at radius 3 is 2.86 bits per heavy atom. The Morgan fingerprint density at radius 2 is 2.24 bits per heavy atom. The predicted molar refractivity (Wildman–Crippen MR) is 82.4 cm³/mol. The van der Waals surface area contributed by atoms with E-state index in [1.54, 1.807) is 11.4 Å². The number of nitro groups is 1. The third kappa shape index (κ3) is 4.10. The minimum Gasteiger partial charge on any atom is -0.387 e. The van der Waals surface area contributed by atoms with Crippen molar-refractivity contribution in [2.45, 2.75) is 6.10 Å². The lowest BCUT2D eigenvalue weighted by Gasteiger charge is -2.10. The van der Waals surface area contributed by atoms with Crippen LogP contribution in [0.4, 0.5) is 5.69 Å². The molecule has 0 fully saturated rings. The Hall–Kier alpha value is -1.77. The smallest absolute Gasteiger partial charge is 0.271 e. The van der Waals surface area contributed by atoms with Crippen molar-refractivity contribution < 1.29 is 14.8 Å². The van der Waals surface area contributed by atoms with Crippen LogP contribution in [0.1, 0.15) is 22.0 Å². The van der Waals surface area contributed by atoms with Gasteiger partial charge in [-0.2, -0.15) is 11.3 Å². The average molecular weight is 371 g/mol. The molecular weight excluding hydrogens is 360 g/mol. The summed E-state index contributed by atoms with van der Waals surface area (Å²) in [4.78, 5) is 22.2. The van der Waals surface area contributed by atoms with Gasteiger partial charge in [-0.1, -0.05) is 15.9 Å². The number of nitrogens with one attached hydrogen (secondary N) is 1. The minimum atomic E-state index is -0.803. The number of carbonyl (C=O) groups excluding carboxylic acids is 1. The highest BCUT2D eigenvalue weighted by Crippen LogP contribution is 2.21. The second-order valence-electron chi connectivity index (χ2n) is 4.24. The van der Waals surface area contributed by atoms with E-state index >= 15 is 0 Å². The van der Waals surface area contributed by atoms with Crippen LogP contribution in [0.25, 0.3) is 0 Å². The lowest BCUT2D eigenvalue weighted by molar-refractivity contribution is -0.385. The molecule has 110 valence electrons. The highest BCUT2D eigenvalue weighted by atomic mass is 79.9. The van der Waals surface area contributed by atoms with Gasteiger partial charge in [0, 0.05) is 28.7 Å². The topological polar surface area (TPSA) is 92.5 Å². The Kier molecular flexibility index (Phi) is 5.05. The lowest BCUT2D eigenvalue weighted by atomic mass is 10.1. The molecule has 1 aromatic carbocycles. The molecule has 2 aromatic rings. The van der Waals surface area contributed by atoms with Gasteiger partial charge in [-0.15, -0.1) is 0 Å². The van der Waals surface area contributed by atoms with Gasteiger partial charge in [0.1, 0.15) is 0 Å². The van der Waals surface area contributed by atoms with Crippen LogP contribution in [-0.2, 0) is 0 Å². The fourth-order valence-electron chi connectivity index (χ4n) is 1.68. The number of carbonyl (C=O) groups is 1. The molecule has 0 bridgehead atoms. The molecule has 0 radical (unpaired) electrons. The van der Waals surface area contributed by atoms with E-state index in [1.807, 2.05) is 5.38 Å². The van der Waals surface area contributed by atoms with E-state index in [4.69, 9.17) is 0 Å². The van der Waals surface area contributed by atoms with Gasteiger partial charge in [0.05, 0.1) is 11.0 Å². The van der Waals surface area contributed by atoms with Crippen LogP contribution >= 0.6 is 27.3 Å². The zero-order chi connectivity index (χ0) is 15.4. The Bertz CT molecular complexity index is 660. The maximum absolute atomic E-state index is 12.0. The number of nitro benzene ring substituents is 1. The van der Waals surface area contributed by atoms with Crippen molar-refractivity contribution in [2.24, 2.45) is 0 Å². The molecule has 2 N–H and O–H groups in total. The highest BCUT2D eigenvalue weighted by molar-refractivity contribution is 9.10. The molecule has 6 nitrogen and oxygen atoms in total.